The van der Waals surface area contributed by atoms with Gasteiger partial charge in [0.25, 0.3) is 0 Å². The molecule has 0 heterocycles. The Labute approximate surface area is 95.8 Å². The molecule has 0 atom stereocenters. The number of hydrogen-bond donors (Lipinski definition) is 3. The predicted molar refractivity (Wildman–Crippen MR) is 59.7 cm³/mol. The van der Waals surface area contributed by atoms with Crippen LogP contribution in [0.15, 0.2) is 0 Å². The number of hydrogen-bond acceptors (Lipinski definition) is 4. The van der Waals surface area contributed by atoms with E-state index < -0.39 is 30.4 Å². The minimum absolute atomic E-state index is 0.0270. The van der Waals surface area contributed by atoms with Crippen LogP contribution in [0.5, 0.6) is 0 Å². The molecule has 0 saturated heterocycles. The maximum absolute atomic E-state index is 11.4. The quantitative estimate of drug-likeness (QED) is 0.604. The highest BCUT2D eigenvalue weighted by molar-refractivity contribution is 5.69. The summed E-state index contributed by atoms with van der Waals surface area (Å²) >= 11 is 0. The van der Waals surface area contributed by atoms with E-state index in [1.165, 1.54) is 0 Å². The molecule has 3 N–H and O–H groups in total. The molecule has 0 radical (unpaired) electrons. The Morgan fingerprint density at radius 2 is 1.88 bits per heavy atom. The molecular weight excluding hydrogens is 210 g/mol. The summed E-state index contributed by atoms with van der Waals surface area (Å²) in [5.74, 6) is 2.29. The lowest BCUT2D eigenvalue weighted by atomic mass is 9.98. The van der Waals surface area contributed by atoms with E-state index in [4.69, 9.17) is 21.4 Å². The molecule has 0 aromatic heterocycles. The zero-order valence-corrected chi connectivity index (χ0v) is 9.91. The lowest BCUT2D eigenvalue weighted by Gasteiger charge is -2.30. The summed E-state index contributed by atoms with van der Waals surface area (Å²) in [5, 5.41) is 20.6. The van der Waals surface area contributed by atoms with E-state index >= 15 is 0 Å². The number of terminal acetylenes is 1. The minimum Gasteiger partial charge on any atom is -0.444 e. The molecule has 0 fully saturated rings. The van der Waals surface area contributed by atoms with E-state index in [9.17, 15) is 4.79 Å². The smallest absolute Gasteiger partial charge is 0.408 e. The van der Waals surface area contributed by atoms with Crippen molar-refractivity contribution in [3.05, 3.63) is 0 Å². The molecule has 0 aromatic carbocycles. The maximum atomic E-state index is 11.4. The Kier molecular flexibility index (Phi) is 5.28. The van der Waals surface area contributed by atoms with Gasteiger partial charge in [0.05, 0.1) is 13.2 Å². The normalized spacial score (nSPS) is 11.8. The minimum atomic E-state index is -1.23. The van der Waals surface area contributed by atoms with Gasteiger partial charge in [-0.2, -0.15) is 0 Å². The first-order valence-corrected chi connectivity index (χ1v) is 4.95. The molecule has 0 rings (SSSR count). The highest BCUT2D eigenvalue weighted by Gasteiger charge is 2.31. The van der Waals surface area contributed by atoms with E-state index in [2.05, 4.69) is 11.2 Å². The molecule has 0 spiro atoms. The van der Waals surface area contributed by atoms with E-state index in [0.717, 1.165) is 0 Å². The third-order valence-electron chi connectivity index (χ3n) is 1.81. The monoisotopic (exact) mass is 229 g/mol. The van der Waals surface area contributed by atoms with Gasteiger partial charge >= 0.3 is 6.09 Å². The molecule has 1 amide bonds. The summed E-state index contributed by atoms with van der Waals surface area (Å²) in [5.41, 5.74) is -1.87. The van der Waals surface area contributed by atoms with Crippen LogP contribution >= 0.6 is 0 Å². The molecule has 0 bridgehead atoms. The molecule has 92 valence electrons. The SMILES string of the molecule is C#CCC(CO)(CO)NC(=O)OC(C)(C)C. The third-order valence-corrected chi connectivity index (χ3v) is 1.81. The molecule has 0 aliphatic rings. The van der Waals surface area contributed by atoms with Crippen molar-refractivity contribution in [1.82, 2.24) is 5.32 Å². The number of amides is 1. The lowest BCUT2D eigenvalue weighted by Crippen LogP contribution is -2.55. The van der Waals surface area contributed by atoms with Crippen LogP contribution in [-0.2, 0) is 4.74 Å². The number of rotatable bonds is 4. The molecular formula is C11H19NO4. The lowest BCUT2D eigenvalue weighted by molar-refractivity contribution is 0.0305. The Hall–Kier alpha value is -1.25. The van der Waals surface area contributed by atoms with Crippen LogP contribution in [-0.4, -0.2) is 40.7 Å². The first-order valence-electron chi connectivity index (χ1n) is 4.95. The Morgan fingerprint density at radius 3 is 2.19 bits per heavy atom. The fourth-order valence-electron chi connectivity index (χ4n) is 1.00. The van der Waals surface area contributed by atoms with Crippen molar-refractivity contribution in [3.8, 4) is 12.3 Å². The van der Waals surface area contributed by atoms with Gasteiger partial charge in [-0.1, -0.05) is 0 Å². The van der Waals surface area contributed by atoms with Crippen LogP contribution in [0.2, 0.25) is 0 Å². The highest BCUT2D eigenvalue weighted by atomic mass is 16.6. The van der Waals surface area contributed by atoms with Crippen molar-refractivity contribution in [1.29, 1.82) is 0 Å². The number of carbonyl (C=O) groups excluding carboxylic acids is 1. The second kappa shape index (κ2) is 5.73. The van der Waals surface area contributed by atoms with Gasteiger partial charge in [0.1, 0.15) is 11.1 Å². The number of nitrogens with one attached hydrogen (secondary N) is 1. The summed E-state index contributed by atoms with van der Waals surface area (Å²) in [7, 11) is 0. The second-order valence-corrected chi connectivity index (χ2v) is 4.60. The van der Waals surface area contributed by atoms with Crippen LogP contribution in [0.3, 0.4) is 0 Å². The van der Waals surface area contributed by atoms with Crippen LogP contribution in [0.4, 0.5) is 4.79 Å². The molecule has 0 saturated carbocycles. The molecule has 0 aliphatic heterocycles. The van der Waals surface area contributed by atoms with Gasteiger partial charge in [-0.05, 0) is 20.8 Å². The van der Waals surface area contributed by atoms with Crippen molar-refractivity contribution in [2.24, 2.45) is 0 Å². The number of aliphatic hydroxyl groups is 2. The fraction of sp³-hybridized carbons (Fsp3) is 0.727. The van der Waals surface area contributed by atoms with Gasteiger partial charge in [0.2, 0.25) is 0 Å². The Bertz CT molecular complexity index is 271. The average Bonchev–Trinajstić information content (AvgIpc) is 2.14. The van der Waals surface area contributed by atoms with E-state index in [-0.39, 0.29) is 6.42 Å². The van der Waals surface area contributed by atoms with Crippen molar-refractivity contribution in [2.75, 3.05) is 13.2 Å². The average molecular weight is 229 g/mol. The number of carbonyl (C=O) groups is 1. The van der Waals surface area contributed by atoms with Gasteiger partial charge in [-0.3, -0.25) is 0 Å². The van der Waals surface area contributed by atoms with Crippen molar-refractivity contribution in [2.45, 2.75) is 38.3 Å². The van der Waals surface area contributed by atoms with Crippen molar-refractivity contribution in [3.63, 3.8) is 0 Å². The highest BCUT2D eigenvalue weighted by Crippen LogP contribution is 2.12. The fourth-order valence-corrected chi connectivity index (χ4v) is 1.00. The summed E-state index contributed by atoms with van der Waals surface area (Å²) in [6.45, 7) is 4.24. The Balaban J connectivity index is 4.53. The number of alkyl carbamates (subject to hydrolysis) is 1. The molecule has 5 heteroatoms. The van der Waals surface area contributed by atoms with Gasteiger partial charge < -0.3 is 20.3 Å². The molecule has 5 nitrogen and oxygen atoms in total. The summed E-state index contributed by atoms with van der Waals surface area (Å²) < 4.78 is 5.00. The zero-order chi connectivity index (χ0) is 12.8. The third kappa shape index (κ3) is 5.01. The van der Waals surface area contributed by atoms with Crippen LogP contribution in [0.25, 0.3) is 0 Å². The van der Waals surface area contributed by atoms with Crippen LogP contribution in [0.1, 0.15) is 27.2 Å². The first-order chi connectivity index (χ1) is 7.28. The largest absolute Gasteiger partial charge is 0.444 e. The number of aliphatic hydroxyl groups excluding tert-OH is 2. The topological polar surface area (TPSA) is 78.8 Å². The standard InChI is InChI=1S/C11H19NO4/c1-5-6-11(7-13,8-14)12-9(15)16-10(2,3)4/h1,13-14H,6-8H2,2-4H3,(H,12,15). The molecule has 0 unspecified atom stereocenters. The molecule has 16 heavy (non-hydrogen) atoms. The molecule has 0 aromatic rings. The van der Waals surface area contributed by atoms with E-state index in [0.29, 0.717) is 0 Å². The number of ether oxygens (including phenoxy) is 1. The van der Waals surface area contributed by atoms with Gasteiger partial charge in [-0.15, -0.1) is 12.3 Å². The van der Waals surface area contributed by atoms with Gasteiger partial charge in [0.15, 0.2) is 0 Å². The second-order valence-electron chi connectivity index (χ2n) is 4.60. The summed E-state index contributed by atoms with van der Waals surface area (Å²) in [6.07, 6.45) is 4.41. The van der Waals surface area contributed by atoms with E-state index in [1.54, 1.807) is 20.8 Å². The van der Waals surface area contributed by atoms with Crippen LogP contribution in [0, 0.1) is 12.3 Å². The predicted octanol–water partition coefficient (Wildman–Crippen LogP) is 0.258. The van der Waals surface area contributed by atoms with E-state index in [1.807, 2.05) is 0 Å². The van der Waals surface area contributed by atoms with Gasteiger partial charge in [-0.25, -0.2) is 4.79 Å². The summed E-state index contributed by atoms with van der Waals surface area (Å²) in [6, 6.07) is 0. The first kappa shape index (κ1) is 14.8. The zero-order valence-electron chi connectivity index (χ0n) is 9.91. The Morgan fingerprint density at radius 1 is 1.38 bits per heavy atom. The summed E-state index contributed by atoms with van der Waals surface area (Å²) in [4.78, 5) is 11.4. The molecule has 0 aliphatic carbocycles. The van der Waals surface area contributed by atoms with Crippen LogP contribution < -0.4 is 5.32 Å². The van der Waals surface area contributed by atoms with Gasteiger partial charge in [0, 0.05) is 6.42 Å². The van der Waals surface area contributed by atoms with Crippen molar-refractivity contribution >= 4 is 6.09 Å². The van der Waals surface area contributed by atoms with Crippen molar-refractivity contribution < 1.29 is 19.7 Å². The maximum Gasteiger partial charge on any atom is 0.408 e.